The van der Waals surface area contributed by atoms with E-state index >= 15 is 0 Å². The van der Waals surface area contributed by atoms with E-state index in [0.29, 0.717) is 0 Å². The van der Waals surface area contributed by atoms with E-state index in [1.165, 1.54) is 6.92 Å². The Labute approximate surface area is 110 Å². The third kappa shape index (κ3) is 9.47. The van der Waals surface area contributed by atoms with Crippen molar-refractivity contribution < 1.29 is 27.5 Å². The molecule has 4 nitrogen and oxygen atoms in total. The molecule has 0 heterocycles. The van der Waals surface area contributed by atoms with Gasteiger partial charge in [0.25, 0.3) is 0 Å². The van der Waals surface area contributed by atoms with E-state index in [-0.39, 0.29) is 31.3 Å². The lowest BCUT2D eigenvalue weighted by Crippen LogP contribution is -2.44. The highest BCUT2D eigenvalue weighted by atomic mass is 19.4. The first-order valence-electron chi connectivity index (χ1n) is 6.08. The van der Waals surface area contributed by atoms with Crippen molar-refractivity contribution in [2.75, 3.05) is 13.2 Å². The van der Waals surface area contributed by atoms with Crippen LogP contribution in [-0.4, -0.2) is 37.1 Å². The number of ether oxygens (including phenoxy) is 1. The Hall–Kier alpha value is -1.11. The highest BCUT2D eigenvalue weighted by molar-refractivity contribution is 5.88. The van der Waals surface area contributed by atoms with Gasteiger partial charge in [0.05, 0.1) is 6.04 Å². The predicted octanol–water partition coefficient (Wildman–Crippen LogP) is 2.08. The minimum atomic E-state index is -4.21. The average Bonchev–Trinajstić information content (AvgIpc) is 2.22. The van der Waals surface area contributed by atoms with Crippen LogP contribution < -0.4 is 5.32 Å². The van der Waals surface area contributed by atoms with Gasteiger partial charge in [-0.2, -0.15) is 13.2 Å². The Morgan fingerprint density at radius 1 is 1.26 bits per heavy atom. The molecule has 0 saturated carbocycles. The summed E-state index contributed by atoms with van der Waals surface area (Å²) in [6, 6.07) is -0.591. The van der Waals surface area contributed by atoms with Crippen molar-refractivity contribution in [1.29, 1.82) is 0 Å². The molecule has 1 atom stereocenters. The summed E-state index contributed by atoms with van der Waals surface area (Å²) in [5, 5.41) is 2.49. The quantitative estimate of drug-likeness (QED) is 0.694. The second-order valence-corrected chi connectivity index (χ2v) is 4.67. The molecular weight excluding hydrogens is 263 g/mol. The fraction of sp³-hybridized carbons (Fsp3) is 0.833. The standard InChI is InChI=1S/C12H20F3NO3/c1-8(2)11(9(3)17)16-10(18)7-19-6-4-5-12(13,14)15/h8,11H,4-7H2,1-3H3,(H,16,18). The zero-order valence-corrected chi connectivity index (χ0v) is 11.3. The van der Waals surface area contributed by atoms with Gasteiger partial charge in [-0.15, -0.1) is 0 Å². The Morgan fingerprint density at radius 3 is 2.26 bits per heavy atom. The summed E-state index contributed by atoms with van der Waals surface area (Å²) >= 11 is 0. The number of Topliss-reactive ketones (excluding diaryl/α,β-unsaturated/α-hetero) is 1. The first-order valence-corrected chi connectivity index (χ1v) is 6.08. The predicted molar refractivity (Wildman–Crippen MR) is 63.6 cm³/mol. The van der Waals surface area contributed by atoms with Gasteiger partial charge in [0.1, 0.15) is 6.61 Å². The van der Waals surface area contributed by atoms with Gasteiger partial charge in [-0.25, -0.2) is 0 Å². The Kier molecular flexibility index (Phi) is 7.66. The van der Waals surface area contributed by atoms with E-state index in [1.54, 1.807) is 13.8 Å². The summed E-state index contributed by atoms with van der Waals surface area (Å²) in [6.45, 7) is 4.47. The van der Waals surface area contributed by atoms with E-state index in [4.69, 9.17) is 4.74 Å². The maximum atomic E-state index is 11.8. The summed E-state index contributed by atoms with van der Waals surface area (Å²) < 4.78 is 40.3. The van der Waals surface area contributed by atoms with Gasteiger partial charge in [-0.3, -0.25) is 9.59 Å². The molecule has 0 aromatic rings. The van der Waals surface area contributed by atoms with E-state index in [0.717, 1.165) is 0 Å². The van der Waals surface area contributed by atoms with Crippen LogP contribution in [0.4, 0.5) is 13.2 Å². The van der Waals surface area contributed by atoms with Crippen molar-refractivity contribution in [3.05, 3.63) is 0 Å². The Balaban J connectivity index is 3.84. The van der Waals surface area contributed by atoms with Crippen molar-refractivity contribution in [3.8, 4) is 0 Å². The van der Waals surface area contributed by atoms with Gasteiger partial charge in [-0.05, 0) is 19.3 Å². The maximum Gasteiger partial charge on any atom is 0.389 e. The summed E-state index contributed by atoms with van der Waals surface area (Å²) in [7, 11) is 0. The number of alkyl halides is 3. The highest BCUT2D eigenvalue weighted by Gasteiger charge is 2.26. The first-order chi connectivity index (χ1) is 8.63. The molecule has 19 heavy (non-hydrogen) atoms. The number of hydrogen-bond donors (Lipinski definition) is 1. The van der Waals surface area contributed by atoms with Crippen molar-refractivity contribution >= 4 is 11.7 Å². The number of halogens is 3. The van der Waals surface area contributed by atoms with E-state index < -0.39 is 24.5 Å². The number of ketones is 1. The number of hydrogen-bond acceptors (Lipinski definition) is 3. The highest BCUT2D eigenvalue weighted by Crippen LogP contribution is 2.20. The van der Waals surface area contributed by atoms with Crippen LogP contribution in [0.5, 0.6) is 0 Å². The van der Waals surface area contributed by atoms with Crippen molar-refractivity contribution in [1.82, 2.24) is 5.32 Å². The molecule has 0 bridgehead atoms. The zero-order valence-electron chi connectivity index (χ0n) is 11.3. The largest absolute Gasteiger partial charge is 0.389 e. The van der Waals surface area contributed by atoms with Crippen molar-refractivity contribution in [2.45, 2.75) is 45.8 Å². The van der Waals surface area contributed by atoms with Crippen LogP contribution in [0.15, 0.2) is 0 Å². The van der Waals surface area contributed by atoms with Gasteiger partial charge in [0.2, 0.25) is 5.91 Å². The average molecular weight is 283 g/mol. The second kappa shape index (κ2) is 8.14. The van der Waals surface area contributed by atoms with E-state index in [9.17, 15) is 22.8 Å². The SMILES string of the molecule is CC(=O)C(NC(=O)COCCCC(F)(F)F)C(C)C. The number of rotatable bonds is 8. The van der Waals surface area contributed by atoms with Crippen LogP contribution >= 0.6 is 0 Å². The Morgan fingerprint density at radius 2 is 1.84 bits per heavy atom. The molecule has 112 valence electrons. The van der Waals surface area contributed by atoms with Gasteiger partial charge in [-0.1, -0.05) is 13.8 Å². The lowest BCUT2D eigenvalue weighted by molar-refractivity contribution is -0.139. The van der Waals surface area contributed by atoms with Crippen LogP contribution in [0, 0.1) is 5.92 Å². The molecule has 0 aliphatic carbocycles. The van der Waals surface area contributed by atoms with Gasteiger partial charge < -0.3 is 10.1 Å². The number of carbonyl (C=O) groups excluding carboxylic acids is 2. The van der Waals surface area contributed by atoms with E-state index in [2.05, 4.69) is 5.32 Å². The molecule has 0 spiro atoms. The molecule has 0 radical (unpaired) electrons. The van der Waals surface area contributed by atoms with Crippen molar-refractivity contribution in [2.24, 2.45) is 5.92 Å². The third-order valence-electron chi connectivity index (χ3n) is 2.40. The summed E-state index contributed by atoms with van der Waals surface area (Å²) in [5.41, 5.74) is 0. The first kappa shape index (κ1) is 17.9. The molecular formula is C12H20F3NO3. The minimum Gasteiger partial charge on any atom is -0.372 e. The normalized spacial score (nSPS) is 13.4. The van der Waals surface area contributed by atoms with Crippen LogP contribution in [0.3, 0.4) is 0 Å². The molecule has 1 amide bonds. The van der Waals surface area contributed by atoms with Crippen LogP contribution in [0.2, 0.25) is 0 Å². The fourth-order valence-corrected chi connectivity index (χ4v) is 1.49. The smallest absolute Gasteiger partial charge is 0.372 e. The maximum absolute atomic E-state index is 11.8. The molecule has 0 aliphatic rings. The summed E-state index contributed by atoms with van der Waals surface area (Å²) in [5.74, 6) is -0.715. The molecule has 0 saturated heterocycles. The minimum absolute atomic E-state index is 0.0494. The van der Waals surface area contributed by atoms with Crippen molar-refractivity contribution in [3.63, 3.8) is 0 Å². The van der Waals surface area contributed by atoms with Crippen LogP contribution in [0.25, 0.3) is 0 Å². The van der Waals surface area contributed by atoms with Crippen LogP contribution in [-0.2, 0) is 14.3 Å². The molecule has 0 aliphatic heterocycles. The number of amides is 1. The molecule has 1 unspecified atom stereocenters. The monoisotopic (exact) mass is 283 g/mol. The molecule has 0 fully saturated rings. The summed E-state index contributed by atoms with van der Waals surface area (Å²) in [4.78, 5) is 22.6. The van der Waals surface area contributed by atoms with Gasteiger partial charge in [0, 0.05) is 13.0 Å². The van der Waals surface area contributed by atoms with Crippen LogP contribution in [0.1, 0.15) is 33.6 Å². The lowest BCUT2D eigenvalue weighted by atomic mass is 10.0. The molecule has 0 aromatic heterocycles. The lowest BCUT2D eigenvalue weighted by Gasteiger charge is -2.19. The molecule has 0 rings (SSSR count). The number of nitrogens with one attached hydrogen (secondary N) is 1. The molecule has 1 N–H and O–H groups in total. The van der Waals surface area contributed by atoms with E-state index in [1.807, 2.05) is 0 Å². The molecule has 7 heteroatoms. The zero-order chi connectivity index (χ0) is 15.1. The van der Waals surface area contributed by atoms with Gasteiger partial charge in [0.15, 0.2) is 5.78 Å². The van der Waals surface area contributed by atoms with Gasteiger partial charge >= 0.3 is 6.18 Å². The topological polar surface area (TPSA) is 55.4 Å². The summed E-state index contributed by atoms with van der Waals surface area (Å²) in [6.07, 6.45) is -5.32. The number of carbonyl (C=O) groups is 2. The molecule has 0 aromatic carbocycles. The third-order valence-corrected chi connectivity index (χ3v) is 2.40. The Bertz CT molecular complexity index is 303. The second-order valence-electron chi connectivity index (χ2n) is 4.67. The fourth-order valence-electron chi connectivity index (χ4n) is 1.49.